The van der Waals surface area contributed by atoms with Crippen molar-refractivity contribution in [1.29, 1.82) is 0 Å². The Morgan fingerprint density at radius 1 is 0.821 bits per heavy atom. The van der Waals surface area contributed by atoms with E-state index in [0.29, 0.717) is 22.9 Å². The lowest BCUT2D eigenvalue weighted by atomic mass is 10.0. The molecule has 4 nitrogen and oxygen atoms in total. The van der Waals surface area contributed by atoms with Crippen molar-refractivity contribution in [3.8, 4) is 5.75 Å². The van der Waals surface area contributed by atoms with E-state index in [9.17, 15) is 9.90 Å². The van der Waals surface area contributed by atoms with E-state index in [2.05, 4.69) is 34.9 Å². The van der Waals surface area contributed by atoms with Gasteiger partial charge in [-0.25, -0.2) is 0 Å². The number of carbonyl (C=O) groups is 1. The van der Waals surface area contributed by atoms with Gasteiger partial charge in [-0.15, -0.1) is 0 Å². The van der Waals surface area contributed by atoms with Gasteiger partial charge < -0.3 is 15.4 Å². The lowest BCUT2D eigenvalue weighted by Gasteiger charge is -2.11. The summed E-state index contributed by atoms with van der Waals surface area (Å²) in [4.78, 5) is 12.0. The first-order valence-electron chi connectivity index (χ1n) is 9.14. The number of phenolic OH excluding ortho intramolecular Hbond substituents is 1. The molecule has 5 aromatic rings. The SMILES string of the molecule is NC(=O)c1cccc2c1c1c(O)cccc1n2Cc1cccc2ccccc12. The minimum atomic E-state index is -0.502. The van der Waals surface area contributed by atoms with Crippen LogP contribution in [-0.2, 0) is 6.54 Å². The van der Waals surface area contributed by atoms with Gasteiger partial charge in [0.15, 0.2) is 0 Å². The van der Waals surface area contributed by atoms with Gasteiger partial charge in [0.25, 0.3) is 0 Å². The third kappa shape index (κ3) is 2.35. The molecule has 4 heteroatoms. The molecule has 0 aliphatic carbocycles. The van der Waals surface area contributed by atoms with Crippen LogP contribution in [-0.4, -0.2) is 15.6 Å². The Morgan fingerprint density at radius 3 is 2.32 bits per heavy atom. The molecule has 28 heavy (non-hydrogen) atoms. The van der Waals surface area contributed by atoms with Crippen molar-refractivity contribution in [3.63, 3.8) is 0 Å². The van der Waals surface area contributed by atoms with E-state index in [0.717, 1.165) is 11.0 Å². The molecule has 0 spiro atoms. The zero-order valence-electron chi connectivity index (χ0n) is 15.1. The Kier molecular flexibility index (Phi) is 3.59. The van der Waals surface area contributed by atoms with Crippen LogP contribution in [0.2, 0.25) is 0 Å². The lowest BCUT2D eigenvalue weighted by Crippen LogP contribution is -2.11. The van der Waals surface area contributed by atoms with E-state index in [1.54, 1.807) is 12.1 Å². The number of nitrogens with two attached hydrogens (primary N) is 1. The number of benzene rings is 4. The van der Waals surface area contributed by atoms with Crippen LogP contribution in [0.1, 0.15) is 15.9 Å². The summed E-state index contributed by atoms with van der Waals surface area (Å²) in [5.74, 6) is -0.356. The van der Waals surface area contributed by atoms with Crippen LogP contribution in [0.4, 0.5) is 0 Å². The maximum absolute atomic E-state index is 12.0. The second-order valence-electron chi connectivity index (χ2n) is 6.96. The fraction of sp³-hybridized carbons (Fsp3) is 0.0417. The molecule has 0 saturated heterocycles. The van der Waals surface area contributed by atoms with Crippen LogP contribution in [0.5, 0.6) is 5.75 Å². The number of carbonyl (C=O) groups excluding carboxylic acids is 1. The first kappa shape index (κ1) is 16.4. The van der Waals surface area contributed by atoms with Gasteiger partial charge in [0.2, 0.25) is 5.91 Å². The summed E-state index contributed by atoms with van der Waals surface area (Å²) in [6.07, 6.45) is 0. The Balaban J connectivity index is 1.85. The number of primary amides is 1. The van der Waals surface area contributed by atoms with Crippen LogP contribution in [0.25, 0.3) is 32.6 Å². The average molecular weight is 366 g/mol. The molecule has 1 heterocycles. The molecule has 4 aromatic carbocycles. The molecule has 0 bridgehead atoms. The molecule has 0 aliphatic heterocycles. The number of fused-ring (bicyclic) bond motifs is 4. The highest BCUT2D eigenvalue weighted by Crippen LogP contribution is 2.37. The second kappa shape index (κ2) is 6.13. The molecule has 5 rings (SSSR count). The standard InChI is InChI=1S/C24H18N2O2/c25-24(28)18-10-4-11-19-22(18)23-20(12-5-13-21(23)27)26(19)14-16-8-3-7-15-6-1-2-9-17(15)16/h1-13,27H,14H2,(H2,25,28). The second-order valence-corrected chi connectivity index (χ2v) is 6.96. The fourth-order valence-electron chi connectivity index (χ4n) is 4.14. The number of hydrogen-bond donors (Lipinski definition) is 2. The Hall–Kier alpha value is -3.79. The van der Waals surface area contributed by atoms with E-state index < -0.39 is 5.91 Å². The van der Waals surface area contributed by atoms with E-state index in [1.807, 2.05) is 36.4 Å². The maximum Gasteiger partial charge on any atom is 0.249 e. The van der Waals surface area contributed by atoms with Crippen molar-refractivity contribution in [2.45, 2.75) is 6.54 Å². The van der Waals surface area contributed by atoms with Gasteiger partial charge in [-0.05, 0) is 40.6 Å². The van der Waals surface area contributed by atoms with Crippen molar-refractivity contribution in [1.82, 2.24) is 4.57 Å². The molecular weight excluding hydrogens is 348 g/mol. The Morgan fingerprint density at radius 2 is 1.50 bits per heavy atom. The molecule has 0 atom stereocenters. The van der Waals surface area contributed by atoms with Gasteiger partial charge >= 0.3 is 0 Å². The monoisotopic (exact) mass is 366 g/mol. The fourth-order valence-corrected chi connectivity index (χ4v) is 4.14. The largest absolute Gasteiger partial charge is 0.507 e. The summed E-state index contributed by atoms with van der Waals surface area (Å²) < 4.78 is 2.14. The summed E-state index contributed by atoms with van der Waals surface area (Å²) >= 11 is 0. The van der Waals surface area contributed by atoms with Crippen LogP contribution in [0.3, 0.4) is 0 Å². The topological polar surface area (TPSA) is 68.2 Å². The molecule has 0 saturated carbocycles. The summed E-state index contributed by atoms with van der Waals surface area (Å²) in [6.45, 7) is 0.618. The molecular formula is C24H18N2O2. The van der Waals surface area contributed by atoms with Gasteiger partial charge in [0.05, 0.1) is 16.4 Å². The Bertz CT molecular complexity index is 1380. The minimum Gasteiger partial charge on any atom is -0.507 e. The first-order chi connectivity index (χ1) is 13.6. The van der Waals surface area contributed by atoms with E-state index in [-0.39, 0.29) is 5.75 Å². The van der Waals surface area contributed by atoms with Crippen LogP contribution in [0, 0.1) is 0 Å². The first-order valence-corrected chi connectivity index (χ1v) is 9.14. The van der Waals surface area contributed by atoms with Crippen LogP contribution < -0.4 is 5.73 Å². The van der Waals surface area contributed by atoms with Gasteiger partial charge in [0, 0.05) is 17.5 Å². The van der Waals surface area contributed by atoms with Crippen molar-refractivity contribution in [2.75, 3.05) is 0 Å². The van der Waals surface area contributed by atoms with Gasteiger partial charge in [0.1, 0.15) is 5.75 Å². The van der Waals surface area contributed by atoms with Crippen molar-refractivity contribution >= 4 is 38.5 Å². The minimum absolute atomic E-state index is 0.146. The third-order valence-corrected chi connectivity index (χ3v) is 5.37. The molecule has 0 aliphatic rings. The number of nitrogens with zero attached hydrogens (tertiary/aromatic N) is 1. The number of aromatic hydroxyl groups is 1. The summed E-state index contributed by atoms with van der Waals surface area (Å²) in [5, 5.41) is 14.3. The molecule has 3 N–H and O–H groups in total. The summed E-state index contributed by atoms with van der Waals surface area (Å²) in [7, 11) is 0. The zero-order chi connectivity index (χ0) is 19.3. The smallest absolute Gasteiger partial charge is 0.249 e. The predicted octanol–water partition coefficient (Wildman–Crippen LogP) is 4.80. The van der Waals surface area contributed by atoms with Gasteiger partial charge in [-0.3, -0.25) is 4.79 Å². The average Bonchev–Trinajstić information content (AvgIpc) is 3.03. The lowest BCUT2D eigenvalue weighted by molar-refractivity contribution is 0.100. The highest BCUT2D eigenvalue weighted by molar-refractivity contribution is 6.19. The normalized spacial score (nSPS) is 11.4. The molecule has 1 amide bonds. The molecule has 0 radical (unpaired) electrons. The molecule has 136 valence electrons. The number of amides is 1. The van der Waals surface area contributed by atoms with Crippen molar-refractivity contribution < 1.29 is 9.90 Å². The molecule has 0 unspecified atom stereocenters. The highest BCUT2D eigenvalue weighted by atomic mass is 16.3. The third-order valence-electron chi connectivity index (χ3n) is 5.37. The van der Waals surface area contributed by atoms with E-state index >= 15 is 0 Å². The van der Waals surface area contributed by atoms with Gasteiger partial charge in [-0.1, -0.05) is 54.6 Å². The number of rotatable bonds is 3. The number of aromatic nitrogens is 1. The maximum atomic E-state index is 12.0. The van der Waals surface area contributed by atoms with E-state index in [4.69, 9.17) is 5.73 Å². The molecule has 0 fully saturated rings. The number of phenols is 1. The summed E-state index contributed by atoms with van der Waals surface area (Å²) in [5.41, 5.74) is 8.96. The van der Waals surface area contributed by atoms with E-state index in [1.165, 1.54) is 16.3 Å². The van der Waals surface area contributed by atoms with Gasteiger partial charge in [-0.2, -0.15) is 0 Å². The van der Waals surface area contributed by atoms with Crippen molar-refractivity contribution in [3.05, 3.63) is 90.0 Å². The highest BCUT2D eigenvalue weighted by Gasteiger charge is 2.19. The predicted molar refractivity (Wildman–Crippen MR) is 113 cm³/mol. The number of hydrogen-bond acceptors (Lipinski definition) is 2. The molecule has 1 aromatic heterocycles. The Labute approximate surface area is 161 Å². The van der Waals surface area contributed by atoms with Crippen LogP contribution >= 0.6 is 0 Å². The zero-order valence-corrected chi connectivity index (χ0v) is 15.1. The van der Waals surface area contributed by atoms with Crippen molar-refractivity contribution in [2.24, 2.45) is 5.73 Å². The quantitative estimate of drug-likeness (QED) is 0.481. The van der Waals surface area contributed by atoms with Crippen LogP contribution in [0.15, 0.2) is 78.9 Å². The summed E-state index contributed by atoms with van der Waals surface area (Å²) in [6, 6.07) is 25.5.